The molecule has 1 saturated heterocycles. The zero-order valence-corrected chi connectivity index (χ0v) is 17.7. The standard InChI is InChI=1S/C20H17Cl2F3N4O2/c1-10(17-13(21)2-3-14(23)18(17)22)31-15-4-11(5-27-19(15)26)12-6-28-29(7-12)16-8-30-9-20(16,24)25/h2-7,10,16H,8-9H2,1H3,(H2,26,27). The lowest BCUT2D eigenvalue weighted by atomic mass is 10.1. The van der Waals surface area contributed by atoms with Crippen molar-refractivity contribution in [3.63, 3.8) is 0 Å². The van der Waals surface area contributed by atoms with Gasteiger partial charge in [-0.2, -0.15) is 5.10 Å². The van der Waals surface area contributed by atoms with E-state index in [0.29, 0.717) is 11.1 Å². The van der Waals surface area contributed by atoms with Crippen molar-refractivity contribution in [1.29, 1.82) is 0 Å². The first-order valence-electron chi connectivity index (χ1n) is 9.23. The average Bonchev–Trinajstić information content (AvgIpc) is 3.32. The number of aromatic nitrogens is 3. The van der Waals surface area contributed by atoms with Gasteiger partial charge in [0.2, 0.25) is 0 Å². The fraction of sp³-hybridized carbons (Fsp3) is 0.300. The van der Waals surface area contributed by atoms with E-state index < -0.39 is 30.5 Å². The molecule has 2 atom stereocenters. The molecular weight excluding hydrogens is 456 g/mol. The summed E-state index contributed by atoms with van der Waals surface area (Å²) in [6, 6.07) is 2.95. The second-order valence-corrected chi connectivity index (χ2v) is 7.91. The van der Waals surface area contributed by atoms with Crippen LogP contribution in [0.4, 0.5) is 19.0 Å². The Morgan fingerprint density at radius 3 is 2.77 bits per heavy atom. The zero-order chi connectivity index (χ0) is 22.3. The molecule has 0 aliphatic carbocycles. The maximum Gasteiger partial charge on any atom is 0.295 e. The van der Waals surface area contributed by atoms with Crippen molar-refractivity contribution < 1.29 is 22.6 Å². The predicted octanol–water partition coefficient (Wildman–Crippen LogP) is 5.32. The van der Waals surface area contributed by atoms with Crippen LogP contribution >= 0.6 is 23.2 Å². The smallest absolute Gasteiger partial charge is 0.295 e. The fourth-order valence-corrected chi connectivity index (χ4v) is 4.00. The minimum Gasteiger partial charge on any atom is -0.482 e. The molecule has 3 aromatic rings. The molecule has 1 aromatic carbocycles. The molecule has 11 heteroatoms. The molecule has 0 bridgehead atoms. The number of hydrogen-bond donors (Lipinski definition) is 1. The molecule has 6 nitrogen and oxygen atoms in total. The molecule has 0 spiro atoms. The largest absolute Gasteiger partial charge is 0.482 e. The number of nitrogens with zero attached hydrogens (tertiary/aromatic N) is 3. The Morgan fingerprint density at radius 1 is 1.29 bits per heavy atom. The fourth-order valence-electron chi connectivity index (χ4n) is 3.32. The molecule has 0 amide bonds. The molecule has 4 rings (SSSR count). The van der Waals surface area contributed by atoms with Crippen molar-refractivity contribution in [1.82, 2.24) is 14.8 Å². The average molecular weight is 473 g/mol. The van der Waals surface area contributed by atoms with E-state index in [1.807, 2.05) is 0 Å². The first kappa shape index (κ1) is 21.7. The van der Waals surface area contributed by atoms with Crippen molar-refractivity contribution in [2.45, 2.75) is 25.0 Å². The van der Waals surface area contributed by atoms with Gasteiger partial charge in [0.25, 0.3) is 5.92 Å². The summed E-state index contributed by atoms with van der Waals surface area (Å²) < 4.78 is 53.6. The molecule has 31 heavy (non-hydrogen) atoms. The summed E-state index contributed by atoms with van der Waals surface area (Å²) in [6.07, 6.45) is 3.65. The summed E-state index contributed by atoms with van der Waals surface area (Å²) in [5, 5.41) is 4.13. The van der Waals surface area contributed by atoms with Crippen LogP contribution in [-0.4, -0.2) is 33.9 Å². The van der Waals surface area contributed by atoms with Gasteiger partial charge in [0.1, 0.15) is 24.6 Å². The van der Waals surface area contributed by atoms with Gasteiger partial charge in [-0.25, -0.2) is 18.2 Å². The summed E-state index contributed by atoms with van der Waals surface area (Å²) in [4.78, 5) is 4.10. The van der Waals surface area contributed by atoms with E-state index in [9.17, 15) is 13.2 Å². The molecule has 2 aromatic heterocycles. The van der Waals surface area contributed by atoms with E-state index in [0.717, 1.165) is 6.07 Å². The molecular formula is C20H17Cl2F3N4O2. The third-order valence-corrected chi connectivity index (χ3v) is 5.70. The van der Waals surface area contributed by atoms with E-state index in [1.165, 1.54) is 29.3 Å². The molecule has 1 fully saturated rings. The van der Waals surface area contributed by atoms with Gasteiger partial charge in [-0.1, -0.05) is 23.2 Å². The van der Waals surface area contributed by atoms with Gasteiger partial charge in [-0.15, -0.1) is 0 Å². The van der Waals surface area contributed by atoms with Gasteiger partial charge in [-0.3, -0.25) is 4.68 Å². The normalized spacial score (nSPS) is 18.8. The highest BCUT2D eigenvalue weighted by molar-refractivity contribution is 6.36. The Morgan fingerprint density at radius 2 is 2.06 bits per heavy atom. The second kappa shape index (κ2) is 8.22. The lowest BCUT2D eigenvalue weighted by molar-refractivity contribution is -0.0349. The molecule has 3 heterocycles. The van der Waals surface area contributed by atoms with Crippen molar-refractivity contribution in [3.8, 4) is 16.9 Å². The quantitative estimate of drug-likeness (QED) is 0.508. The van der Waals surface area contributed by atoms with E-state index in [2.05, 4.69) is 10.1 Å². The molecule has 164 valence electrons. The topological polar surface area (TPSA) is 75.2 Å². The summed E-state index contributed by atoms with van der Waals surface area (Å²) in [5.74, 6) is -3.35. The molecule has 0 saturated carbocycles. The molecule has 1 aliphatic heterocycles. The van der Waals surface area contributed by atoms with Crippen LogP contribution in [0.2, 0.25) is 10.0 Å². The highest BCUT2D eigenvalue weighted by Crippen LogP contribution is 2.38. The van der Waals surface area contributed by atoms with Crippen molar-refractivity contribution in [2.24, 2.45) is 0 Å². The first-order chi connectivity index (χ1) is 14.7. The molecule has 2 unspecified atom stereocenters. The van der Waals surface area contributed by atoms with E-state index in [1.54, 1.807) is 13.0 Å². The minimum absolute atomic E-state index is 0.0855. The summed E-state index contributed by atoms with van der Waals surface area (Å²) >= 11 is 12.2. The number of pyridine rings is 1. The van der Waals surface area contributed by atoms with E-state index in [-0.39, 0.29) is 33.8 Å². The number of anilines is 1. The number of hydrogen-bond acceptors (Lipinski definition) is 5. The number of rotatable bonds is 5. The van der Waals surface area contributed by atoms with Gasteiger partial charge in [0.05, 0.1) is 17.8 Å². The Balaban J connectivity index is 1.61. The van der Waals surface area contributed by atoms with Gasteiger partial charge in [-0.05, 0) is 25.1 Å². The van der Waals surface area contributed by atoms with Gasteiger partial charge in [0.15, 0.2) is 11.6 Å². The van der Waals surface area contributed by atoms with E-state index >= 15 is 0 Å². The highest BCUT2D eigenvalue weighted by atomic mass is 35.5. The summed E-state index contributed by atoms with van der Waals surface area (Å²) in [6.45, 7) is 0.866. The lowest BCUT2D eigenvalue weighted by Gasteiger charge is -2.19. The van der Waals surface area contributed by atoms with Crippen LogP contribution in [0, 0.1) is 5.82 Å². The third kappa shape index (κ3) is 4.17. The van der Waals surface area contributed by atoms with Crippen LogP contribution in [0.3, 0.4) is 0 Å². The van der Waals surface area contributed by atoms with E-state index in [4.69, 9.17) is 38.4 Å². The third-order valence-electron chi connectivity index (χ3n) is 4.98. The van der Waals surface area contributed by atoms with Gasteiger partial charge in [0, 0.05) is 34.1 Å². The van der Waals surface area contributed by atoms with Gasteiger partial charge < -0.3 is 15.2 Å². The Kier molecular flexibility index (Phi) is 5.76. The number of benzene rings is 1. The molecule has 1 aliphatic rings. The SMILES string of the molecule is CC(Oc1cc(-c2cnn(C3COCC3(F)F)c2)cnc1N)c1c(Cl)ccc(F)c1Cl. The Hall–Kier alpha value is -2.49. The second-order valence-electron chi connectivity index (χ2n) is 7.13. The highest BCUT2D eigenvalue weighted by Gasteiger charge is 2.47. The predicted molar refractivity (Wildman–Crippen MR) is 110 cm³/mol. The number of nitrogens with two attached hydrogens (primary N) is 1. The summed E-state index contributed by atoms with van der Waals surface area (Å²) in [5.41, 5.74) is 7.27. The zero-order valence-electron chi connectivity index (χ0n) is 16.2. The van der Waals surface area contributed by atoms with Crippen LogP contribution in [-0.2, 0) is 4.74 Å². The first-order valence-corrected chi connectivity index (χ1v) is 9.98. The van der Waals surface area contributed by atoms with Crippen LogP contribution in [0.15, 0.2) is 36.8 Å². The minimum atomic E-state index is -3.00. The summed E-state index contributed by atoms with van der Waals surface area (Å²) in [7, 11) is 0. The Labute approximate surface area is 185 Å². The molecule has 2 N–H and O–H groups in total. The van der Waals surface area contributed by atoms with Crippen molar-refractivity contribution in [2.75, 3.05) is 18.9 Å². The number of nitrogen functional groups attached to an aromatic ring is 1. The number of alkyl halides is 2. The van der Waals surface area contributed by atoms with Crippen molar-refractivity contribution >= 4 is 29.0 Å². The van der Waals surface area contributed by atoms with Crippen LogP contribution in [0.25, 0.3) is 11.1 Å². The monoisotopic (exact) mass is 472 g/mol. The van der Waals surface area contributed by atoms with Gasteiger partial charge >= 0.3 is 0 Å². The lowest BCUT2D eigenvalue weighted by Crippen LogP contribution is -2.29. The van der Waals surface area contributed by atoms with Crippen LogP contribution in [0.5, 0.6) is 5.75 Å². The maximum atomic E-state index is 13.9. The number of halogens is 5. The van der Waals surface area contributed by atoms with Crippen LogP contribution in [0.1, 0.15) is 24.6 Å². The van der Waals surface area contributed by atoms with Crippen molar-refractivity contribution in [3.05, 3.63) is 58.2 Å². The maximum absolute atomic E-state index is 13.9. The van der Waals surface area contributed by atoms with Crippen LogP contribution < -0.4 is 10.5 Å². The Bertz CT molecular complexity index is 1130. The molecule has 0 radical (unpaired) electrons. The number of ether oxygens (including phenoxy) is 2.